The Labute approximate surface area is 136 Å². The lowest BCUT2D eigenvalue weighted by Crippen LogP contribution is -2.54. The number of pyridine rings is 1. The number of alkyl halides is 2. The lowest BCUT2D eigenvalue weighted by Gasteiger charge is -2.37. The van der Waals surface area contributed by atoms with E-state index in [0.29, 0.717) is 4.90 Å². The molecule has 0 aliphatic carbocycles. The molecule has 1 aromatic heterocycles. The van der Waals surface area contributed by atoms with E-state index in [1.54, 1.807) is 0 Å². The van der Waals surface area contributed by atoms with Gasteiger partial charge in [0.15, 0.2) is 0 Å². The molecule has 1 aromatic rings. The number of aromatic nitrogens is 1. The molecule has 2 heterocycles. The Morgan fingerprint density at radius 3 is 2.87 bits per heavy atom. The van der Waals surface area contributed by atoms with Gasteiger partial charge in [-0.05, 0) is 18.6 Å². The van der Waals surface area contributed by atoms with E-state index >= 15 is 0 Å². The van der Waals surface area contributed by atoms with E-state index < -0.39 is 41.0 Å². The molecule has 11 heteroatoms. The lowest BCUT2D eigenvalue weighted by atomic mass is 10.00. The monoisotopic (exact) mass is 369 g/mol. The van der Waals surface area contributed by atoms with Crippen LogP contribution in [0.1, 0.15) is 12.8 Å². The quantitative estimate of drug-likeness (QED) is 0.788. The summed E-state index contributed by atoms with van der Waals surface area (Å²) in [6, 6.07) is 1.74. The van der Waals surface area contributed by atoms with Crippen molar-refractivity contribution in [1.29, 1.82) is 0 Å². The van der Waals surface area contributed by atoms with Crippen molar-refractivity contribution < 1.29 is 27.1 Å². The molecule has 1 unspecified atom stereocenters. The molecule has 1 atom stereocenters. The zero-order valence-corrected chi connectivity index (χ0v) is 13.3. The Morgan fingerprint density at radius 2 is 2.26 bits per heavy atom. The molecule has 1 fully saturated rings. The highest BCUT2D eigenvalue weighted by atomic mass is 35.5. The largest absolute Gasteiger partial charge is 0.465 e. The van der Waals surface area contributed by atoms with Crippen LogP contribution in [0.4, 0.5) is 13.6 Å². The van der Waals surface area contributed by atoms with Crippen LogP contribution < -0.4 is 4.72 Å². The van der Waals surface area contributed by atoms with Crippen LogP contribution in [0.5, 0.6) is 0 Å². The Morgan fingerprint density at radius 1 is 1.57 bits per heavy atom. The standard InChI is InChI=1S/C12H14ClF2N3O4S/c13-10-9(2-1-5-16-10)23(21,22)17-6-8-3-4-12(14,15)7-18(8)11(19)20/h1-2,5,8,17H,3-4,6-7H2,(H,19,20). The minimum Gasteiger partial charge on any atom is -0.465 e. The van der Waals surface area contributed by atoms with Crippen LogP contribution in [-0.2, 0) is 10.0 Å². The van der Waals surface area contributed by atoms with Crippen molar-refractivity contribution in [2.24, 2.45) is 0 Å². The molecule has 0 radical (unpaired) electrons. The molecule has 2 rings (SSSR count). The number of likely N-dealkylation sites (tertiary alicyclic amines) is 1. The Bertz CT molecular complexity index is 701. The summed E-state index contributed by atoms with van der Waals surface area (Å²) >= 11 is 5.71. The van der Waals surface area contributed by atoms with Crippen LogP contribution >= 0.6 is 11.6 Å². The number of sulfonamides is 1. The number of rotatable bonds is 4. The van der Waals surface area contributed by atoms with E-state index in [1.165, 1.54) is 18.3 Å². The van der Waals surface area contributed by atoms with Gasteiger partial charge < -0.3 is 5.11 Å². The van der Waals surface area contributed by atoms with Gasteiger partial charge in [-0.1, -0.05) is 11.6 Å². The Balaban J connectivity index is 2.10. The van der Waals surface area contributed by atoms with Gasteiger partial charge in [0.2, 0.25) is 10.0 Å². The van der Waals surface area contributed by atoms with Crippen LogP contribution in [0.2, 0.25) is 5.15 Å². The predicted octanol–water partition coefficient (Wildman–Crippen LogP) is 1.79. The molecule has 128 valence electrons. The first-order valence-electron chi connectivity index (χ1n) is 6.60. The maximum absolute atomic E-state index is 13.3. The van der Waals surface area contributed by atoms with E-state index in [9.17, 15) is 22.0 Å². The predicted molar refractivity (Wildman–Crippen MR) is 77.1 cm³/mol. The number of carbonyl (C=O) groups is 1. The molecule has 1 saturated heterocycles. The molecular formula is C12H14ClF2N3O4S. The second kappa shape index (κ2) is 6.54. The van der Waals surface area contributed by atoms with Crippen molar-refractivity contribution in [2.45, 2.75) is 29.7 Å². The normalized spacial score (nSPS) is 21.2. The van der Waals surface area contributed by atoms with Gasteiger partial charge in [-0.3, -0.25) is 4.90 Å². The van der Waals surface area contributed by atoms with Crippen molar-refractivity contribution in [3.8, 4) is 0 Å². The van der Waals surface area contributed by atoms with E-state index in [1.807, 2.05) is 0 Å². The first-order chi connectivity index (χ1) is 10.6. The van der Waals surface area contributed by atoms with Crippen LogP contribution in [-0.4, -0.2) is 54.6 Å². The minimum atomic E-state index is -4.02. The maximum atomic E-state index is 13.3. The van der Waals surface area contributed by atoms with E-state index in [4.69, 9.17) is 16.7 Å². The number of hydrogen-bond donors (Lipinski definition) is 2. The summed E-state index contributed by atoms with van der Waals surface area (Å²) in [6.07, 6.45) is -0.858. The van der Waals surface area contributed by atoms with Gasteiger partial charge >= 0.3 is 6.09 Å². The fraction of sp³-hybridized carbons (Fsp3) is 0.500. The number of piperidine rings is 1. The molecule has 2 N–H and O–H groups in total. The highest BCUT2D eigenvalue weighted by Crippen LogP contribution is 2.30. The van der Waals surface area contributed by atoms with Gasteiger partial charge in [0.1, 0.15) is 10.0 Å². The molecule has 1 amide bonds. The molecule has 0 bridgehead atoms. The van der Waals surface area contributed by atoms with Gasteiger partial charge in [-0.25, -0.2) is 31.7 Å². The van der Waals surface area contributed by atoms with E-state index in [0.717, 1.165) is 0 Å². The van der Waals surface area contributed by atoms with Crippen LogP contribution in [0.3, 0.4) is 0 Å². The molecular weight excluding hydrogens is 356 g/mol. The van der Waals surface area contributed by atoms with E-state index in [2.05, 4.69) is 9.71 Å². The number of hydrogen-bond acceptors (Lipinski definition) is 4. The smallest absolute Gasteiger partial charge is 0.407 e. The number of nitrogens with zero attached hydrogens (tertiary/aromatic N) is 2. The number of carboxylic acid groups (broad SMARTS) is 1. The van der Waals surface area contributed by atoms with Crippen LogP contribution in [0.15, 0.2) is 23.2 Å². The molecule has 0 spiro atoms. The number of amides is 1. The van der Waals surface area contributed by atoms with Crippen LogP contribution in [0.25, 0.3) is 0 Å². The van der Waals surface area contributed by atoms with Crippen molar-refractivity contribution in [3.05, 3.63) is 23.5 Å². The van der Waals surface area contributed by atoms with E-state index in [-0.39, 0.29) is 23.0 Å². The van der Waals surface area contributed by atoms with Crippen molar-refractivity contribution in [1.82, 2.24) is 14.6 Å². The molecule has 23 heavy (non-hydrogen) atoms. The number of halogens is 3. The van der Waals surface area contributed by atoms with Crippen LogP contribution in [0, 0.1) is 0 Å². The maximum Gasteiger partial charge on any atom is 0.407 e. The first kappa shape index (κ1) is 17.8. The summed E-state index contributed by atoms with van der Waals surface area (Å²) in [6.45, 7) is -1.28. The molecule has 0 aromatic carbocycles. The minimum absolute atomic E-state index is 0.150. The second-order valence-corrected chi connectivity index (χ2v) is 7.20. The average molecular weight is 370 g/mol. The van der Waals surface area contributed by atoms with Crippen molar-refractivity contribution in [3.63, 3.8) is 0 Å². The summed E-state index contributed by atoms with van der Waals surface area (Å²) in [5, 5.41) is 8.78. The fourth-order valence-corrected chi connectivity index (χ4v) is 3.81. The summed E-state index contributed by atoms with van der Waals surface area (Å²) < 4.78 is 53.1. The SMILES string of the molecule is O=C(O)N1CC(F)(F)CCC1CNS(=O)(=O)c1cccnc1Cl. The first-order valence-corrected chi connectivity index (χ1v) is 8.46. The van der Waals surface area contributed by atoms with Gasteiger partial charge in [0.25, 0.3) is 5.92 Å². The third-order valence-electron chi connectivity index (χ3n) is 3.45. The third-order valence-corrected chi connectivity index (χ3v) is 5.32. The van der Waals surface area contributed by atoms with Crippen molar-refractivity contribution in [2.75, 3.05) is 13.1 Å². The molecule has 7 nitrogen and oxygen atoms in total. The summed E-state index contributed by atoms with van der Waals surface area (Å²) in [4.78, 5) is 15.0. The summed E-state index contributed by atoms with van der Waals surface area (Å²) in [5.74, 6) is -3.11. The van der Waals surface area contributed by atoms with Gasteiger partial charge in [-0.15, -0.1) is 0 Å². The molecule has 1 aliphatic heterocycles. The summed E-state index contributed by atoms with van der Waals surface area (Å²) in [5.41, 5.74) is 0. The Hall–Kier alpha value is -1.52. The van der Waals surface area contributed by atoms with Gasteiger partial charge in [0, 0.05) is 25.2 Å². The zero-order valence-electron chi connectivity index (χ0n) is 11.7. The average Bonchev–Trinajstić information content (AvgIpc) is 2.45. The second-order valence-electron chi connectivity index (χ2n) is 5.10. The Kier molecular flexibility index (Phi) is 5.07. The van der Waals surface area contributed by atoms with Crippen molar-refractivity contribution >= 4 is 27.7 Å². The lowest BCUT2D eigenvalue weighted by molar-refractivity contribution is -0.0731. The van der Waals surface area contributed by atoms with Gasteiger partial charge in [-0.2, -0.15) is 0 Å². The third kappa shape index (κ3) is 4.27. The molecule has 1 aliphatic rings. The molecule has 0 saturated carbocycles. The highest BCUT2D eigenvalue weighted by molar-refractivity contribution is 7.89. The fourth-order valence-electron chi connectivity index (χ4n) is 2.28. The summed E-state index contributed by atoms with van der Waals surface area (Å²) in [7, 11) is -4.02. The van der Waals surface area contributed by atoms with Gasteiger partial charge in [0.05, 0.1) is 6.54 Å². The zero-order chi connectivity index (χ0) is 17.3. The number of nitrogens with one attached hydrogen (secondary N) is 1. The topological polar surface area (TPSA) is 99.6 Å². The highest BCUT2D eigenvalue weighted by Gasteiger charge is 2.42.